The van der Waals surface area contributed by atoms with Crippen molar-refractivity contribution in [2.75, 3.05) is 18.6 Å². The van der Waals surface area contributed by atoms with Crippen LogP contribution in [0.5, 0.6) is 5.75 Å². The van der Waals surface area contributed by atoms with Crippen LogP contribution in [0.25, 0.3) is 11.0 Å². The van der Waals surface area contributed by atoms with Crippen LogP contribution in [0.3, 0.4) is 0 Å². The molecule has 1 atom stereocenters. The van der Waals surface area contributed by atoms with E-state index in [9.17, 15) is 9.59 Å². The van der Waals surface area contributed by atoms with Crippen molar-refractivity contribution in [1.29, 1.82) is 0 Å². The molecule has 8 heteroatoms. The molecule has 0 fully saturated rings. The number of carbonyl (C=O) groups excluding carboxylic acids is 2. The number of methoxy groups -OCH3 is 1. The van der Waals surface area contributed by atoms with E-state index in [-0.39, 0.29) is 18.4 Å². The molecule has 0 radical (unpaired) electrons. The molecule has 8 nitrogen and oxygen atoms in total. The van der Waals surface area contributed by atoms with Gasteiger partial charge < -0.3 is 10.1 Å². The Labute approximate surface area is 217 Å². The zero-order valence-electron chi connectivity index (χ0n) is 21.7. The van der Waals surface area contributed by atoms with Crippen LogP contribution in [0.1, 0.15) is 37.4 Å². The fraction of sp³-hybridized carbons (Fsp3) is 0.310. The standard InChI is InChI=1S/C29H33N5O3/c1-20(2)17-18-30-29(36)28(22-13-15-23(37-4)16-14-22)34(25-11-7-5-9-21(25)3)27(35)19-33-26-12-8-6-10-24(26)31-32-33/h5-16,20,28H,17-19H2,1-4H3,(H,30,36)/t28-/m1/s1. The van der Waals surface area contributed by atoms with Crippen molar-refractivity contribution in [2.24, 2.45) is 5.92 Å². The van der Waals surface area contributed by atoms with Crippen molar-refractivity contribution >= 4 is 28.5 Å². The largest absolute Gasteiger partial charge is 0.497 e. The SMILES string of the molecule is COc1ccc([C@H](C(=O)NCCC(C)C)N(C(=O)Cn2nnc3ccccc32)c2ccccc2C)cc1. The monoisotopic (exact) mass is 499 g/mol. The molecule has 0 aliphatic rings. The van der Waals surface area contributed by atoms with E-state index >= 15 is 0 Å². The van der Waals surface area contributed by atoms with Crippen molar-refractivity contribution in [2.45, 2.75) is 39.8 Å². The molecule has 0 saturated carbocycles. The number of rotatable bonds is 10. The Hall–Kier alpha value is -4.20. The highest BCUT2D eigenvalue weighted by Gasteiger charge is 2.34. The fourth-order valence-electron chi connectivity index (χ4n) is 4.27. The fourth-order valence-corrected chi connectivity index (χ4v) is 4.27. The third-order valence-corrected chi connectivity index (χ3v) is 6.31. The third kappa shape index (κ3) is 5.97. The summed E-state index contributed by atoms with van der Waals surface area (Å²) in [5, 5.41) is 11.4. The van der Waals surface area contributed by atoms with Gasteiger partial charge in [-0.25, -0.2) is 4.68 Å². The van der Waals surface area contributed by atoms with Crippen molar-refractivity contribution in [3.8, 4) is 5.75 Å². The topological polar surface area (TPSA) is 89.4 Å². The number of carbonyl (C=O) groups is 2. The van der Waals surface area contributed by atoms with Crippen LogP contribution >= 0.6 is 0 Å². The lowest BCUT2D eigenvalue weighted by Crippen LogP contribution is -2.46. The molecule has 1 heterocycles. The van der Waals surface area contributed by atoms with Gasteiger partial charge in [-0.05, 0) is 60.7 Å². The lowest BCUT2D eigenvalue weighted by atomic mass is 10.0. The molecule has 3 aromatic carbocycles. The first kappa shape index (κ1) is 25.9. The van der Waals surface area contributed by atoms with Gasteiger partial charge in [0.1, 0.15) is 23.9 Å². The molecule has 0 bridgehead atoms. The number of aryl methyl sites for hydroxylation is 1. The second kappa shape index (κ2) is 11.7. The van der Waals surface area contributed by atoms with Crippen molar-refractivity contribution < 1.29 is 14.3 Å². The normalized spacial score (nSPS) is 11.9. The molecular formula is C29H33N5O3. The summed E-state index contributed by atoms with van der Waals surface area (Å²) in [7, 11) is 1.59. The van der Waals surface area contributed by atoms with Crippen molar-refractivity contribution in [3.63, 3.8) is 0 Å². The minimum atomic E-state index is -0.888. The summed E-state index contributed by atoms with van der Waals surface area (Å²) in [6.45, 7) is 6.60. The third-order valence-electron chi connectivity index (χ3n) is 6.31. The molecule has 4 rings (SSSR count). The summed E-state index contributed by atoms with van der Waals surface area (Å²) in [6, 6.07) is 21.4. The highest BCUT2D eigenvalue weighted by atomic mass is 16.5. The first-order chi connectivity index (χ1) is 17.9. The first-order valence-electron chi connectivity index (χ1n) is 12.5. The van der Waals surface area contributed by atoms with Gasteiger partial charge in [0, 0.05) is 12.2 Å². The van der Waals surface area contributed by atoms with Gasteiger partial charge in [-0.15, -0.1) is 5.10 Å². The summed E-state index contributed by atoms with van der Waals surface area (Å²) in [6.07, 6.45) is 0.838. The highest BCUT2D eigenvalue weighted by Crippen LogP contribution is 2.32. The molecular weight excluding hydrogens is 466 g/mol. The zero-order chi connectivity index (χ0) is 26.4. The molecule has 0 aliphatic heterocycles. The number of hydrogen-bond acceptors (Lipinski definition) is 5. The van der Waals surface area contributed by atoms with Gasteiger partial charge in [-0.3, -0.25) is 14.5 Å². The molecule has 37 heavy (non-hydrogen) atoms. The predicted octanol–water partition coefficient (Wildman–Crippen LogP) is 4.69. The van der Waals surface area contributed by atoms with Gasteiger partial charge in [-0.2, -0.15) is 0 Å². The Morgan fingerprint density at radius 3 is 2.41 bits per heavy atom. The van der Waals surface area contributed by atoms with E-state index in [0.717, 1.165) is 17.5 Å². The number of hydrogen-bond donors (Lipinski definition) is 1. The number of amides is 2. The van der Waals surface area contributed by atoms with Crippen LogP contribution in [-0.2, 0) is 16.1 Å². The Morgan fingerprint density at radius 2 is 1.70 bits per heavy atom. The summed E-state index contributed by atoms with van der Waals surface area (Å²) < 4.78 is 6.90. The van der Waals surface area contributed by atoms with Crippen molar-refractivity contribution in [3.05, 3.63) is 83.9 Å². The van der Waals surface area contributed by atoms with Crippen LogP contribution in [0.2, 0.25) is 0 Å². The van der Waals surface area contributed by atoms with E-state index in [1.807, 2.05) is 67.6 Å². The Morgan fingerprint density at radius 1 is 1.00 bits per heavy atom. The number of para-hydroxylation sites is 2. The van der Waals surface area contributed by atoms with Gasteiger partial charge in [-0.1, -0.05) is 61.5 Å². The summed E-state index contributed by atoms with van der Waals surface area (Å²) >= 11 is 0. The number of anilines is 1. The smallest absolute Gasteiger partial charge is 0.249 e. The minimum absolute atomic E-state index is 0.0687. The number of aromatic nitrogens is 3. The van der Waals surface area contributed by atoms with E-state index < -0.39 is 6.04 Å². The van der Waals surface area contributed by atoms with E-state index in [4.69, 9.17) is 4.74 Å². The molecule has 1 N–H and O–H groups in total. The predicted molar refractivity (Wildman–Crippen MR) is 144 cm³/mol. The van der Waals surface area contributed by atoms with Gasteiger partial charge in [0.15, 0.2) is 0 Å². The number of benzene rings is 3. The summed E-state index contributed by atoms with van der Waals surface area (Å²) in [4.78, 5) is 29.4. The summed E-state index contributed by atoms with van der Waals surface area (Å²) in [5.41, 5.74) is 3.69. The molecule has 192 valence electrons. The maximum Gasteiger partial charge on any atom is 0.249 e. The average Bonchev–Trinajstić information content (AvgIpc) is 3.30. The van der Waals surface area contributed by atoms with E-state index in [1.165, 1.54) is 0 Å². The van der Waals surface area contributed by atoms with E-state index in [0.29, 0.717) is 35.0 Å². The number of nitrogens with zero attached hydrogens (tertiary/aromatic N) is 4. The first-order valence-corrected chi connectivity index (χ1v) is 12.5. The molecule has 1 aromatic heterocycles. The minimum Gasteiger partial charge on any atom is -0.497 e. The maximum atomic E-state index is 14.1. The molecule has 0 aliphatic carbocycles. The number of fused-ring (bicyclic) bond motifs is 1. The van der Waals surface area contributed by atoms with Gasteiger partial charge in [0.25, 0.3) is 0 Å². The lowest BCUT2D eigenvalue weighted by molar-refractivity contribution is -0.127. The molecule has 0 saturated heterocycles. The Kier molecular flexibility index (Phi) is 8.18. The second-order valence-electron chi connectivity index (χ2n) is 9.44. The van der Waals surface area contributed by atoms with Crippen LogP contribution in [0, 0.1) is 12.8 Å². The Bertz CT molecular complexity index is 1360. The number of nitrogens with one attached hydrogen (secondary N) is 1. The lowest BCUT2D eigenvalue weighted by Gasteiger charge is -2.32. The van der Waals surface area contributed by atoms with Crippen molar-refractivity contribution in [1.82, 2.24) is 20.3 Å². The molecule has 0 unspecified atom stereocenters. The van der Waals surface area contributed by atoms with Gasteiger partial charge in [0.2, 0.25) is 11.8 Å². The molecule has 2 amide bonds. The average molecular weight is 500 g/mol. The quantitative estimate of drug-likeness (QED) is 0.342. The van der Waals surface area contributed by atoms with Crippen LogP contribution in [-0.4, -0.2) is 40.5 Å². The zero-order valence-corrected chi connectivity index (χ0v) is 21.7. The Balaban J connectivity index is 1.77. The number of ether oxygens (including phenoxy) is 1. The molecule has 4 aromatic rings. The van der Waals surface area contributed by atoms with E-state index in [1.54, 1.807) is 28.8 Å². The van der Waals surface area contributed by atoms with E-state index in [2.05, 4.69) is 29.5 Å². The highest BCUT2D eigenvalue weighted by molar-refractivity contribution is 6.02. The van der Waals surface area contributed by atoms with Gasteiger partial charge >= 0.3 is 0 Å². The summed E-state index contributed by atoms with van der Waals surface area (Å²) in [5.74, 6) is 0.593. The van der Waals surface area contributed by atoms with Gasteiger partial charge in [0.05, 0.1) is 12.6 Å². The van der Waals surface area contributed by atoms with Crippen LogP contribution in [0.15, 0.2) is 72.8 Å². The molecule has 0 spiro atoms. The second-order valence-corrected chi connectivity index (χ2v) is 9.44. The van der Waals surface area contributed by atoms with Crippen LogP contribution < -0.4 is 15.0 Å². The maximum absolute atomic E-state index is 14.1. The van der Waals surface area contributed by atoms with Crippen LogP contribution in [0.4, 0.5) is 5.69 Å².